The minimum absolute atomic E-state index is 0.0618. The van der Waals surface area contributed by atoms with Crippen molar-refractivity contribution in [2.75, 3.05) is 20.8 Å². The Bertz CT molecular complexity index is 1140. The molecule has 31 heavy (non-hydrogen) atoms. The number of ether oxygens (including phenoxy) is 3. The number of nitrogens with zero attached hydrogens (tertiary/aromatic N) is 4. The van der Waals surface area contributed by atoms with Crippen molar-refractivity contribution in [1.29, 1.82) is 0 Å². The lowest BCUT2D eigenvalue weighted by atomic mass is 10.0. The van der Waals surface area contributed by atoms with Crippen molar-refractivity contribution < 1.29 is 19.0 Å². The van der Waals surface area contributed by atoms with Crippen LogP contribution in [0.1, 0.15) is 32.2 Å². The van der Waals surface area contributed by atoms with Gasteiger partial charge in [0.25, 0.3) is 5.88 Å². The fourth-order valence-electron chi connectivity index (χ4n) is 3.99. The van der Waals surface area contributed by atoms with E-state index in [2.05, 4.69) is 19.9 Å². The Hall–Kier alpha value is -3.36. The van der Waals surface area contributed by atoms with Gasteiger partial charge >= 0.3 is 0 Å². The summed E-state index contributed by atoms with van der Waals surface area (Å²) in [5.41, 5.74) is 3.17. The van der Waals surface area contributed by atoms with Gasteiger partial charge in [-0.05, 0) is 31.9 Å². The standard InChI is InChI=1S/C22H25N5O4/c1-12(13-7-19(28)23-9-13)31-22-20-17(25-11-27(20)15-4-5-15)8-16(26-22)14-6-18(29-2)21(30-3)24-10-14/h6,8,10-13,15H,4-5,7,9H2,1-3H3,(H,23,28)/t12-,13-/m1/s1. The van der Waals surface area contributed by atoms with Crippen LogP contribution in [0.2, 0.25) is 0 Å². The van der Waals surface area contributed by atoms with Crippen LogP contribution in [-0.2, 0) is 4.79 Å². The molecule has 0 spiro atoms. The van der Waals surface area contributed by atoms with Crippen LogP contribution >= 0.6 is 0 Å². The van der Waals surface area contributed by atoms with Crippen LogP contribution in [0.5, 0.6) is 17.5 Å². The fraction of sp³-hybridized carbons (Fsp3) is 0.455. The molecule has 1 aliphatic carbocycles. The minimum atomic E-state index is -0.170. The number of fused-ring (bicyclic) bond motifs is 1. The second kappa shape index (κ2) is 7.72. The van der Waals surface area contributed by atoms with Gasteiger partial charge < -0.3 is 24.1 Å². The Kier molecular flexibility index (Phi) is 4.88. The van der Waals surface area contributed by atoms with Crippen molar-refractivity contribution in [2.24, 2.45) is 5.92 Å². The molecule has 162 valence electrons. The number of carbonyl (C=O) groups excluding carboxylic acids is 1. The van der Waals surface area contributed by atoms with Crippen molar-refractivity contribution in [3.63, 3.8) is 0 Å². The number of imidazole rings is 1. The quantitative estimate of drug-likeness (QED) is 0.624. The molecule has 1 saturated carbocycles. The van der Waals surface area contributed by atoms with Crippen LogP contribution in [0.15, 0.2) is 24.7 Å². The van der Waals surface area contributed by atoms with Crippen LogP contribution in [0, 0.1) is 5.92 Å². The number of carbonyl (C=O) groups is 1. The molecular formula is C22H25N5O4. The number of amides is 1. The summed E-state index contributed by atoms with van der Waals surface area (Å²) in [5.74, 6) is 1.63. The van der Waals surface area contributed by atoms with E-state index in [1.54, 1.807) is 20.4 Å². The summed E-state index contributed by atoms with van der Waals surface area (Å²) in [4.78, 5) is 25.5. The average Bonchev–Trinajstić information content (AvgIpc) is 3.38. The summed E-state index contributed by atoms with van der Waals surface area (Å²) < 4.78 is 19.2. The fourth-order valence-corrected chi connectivity index (χ4v) is 3.99. The molecule has 0 radical (unpaired) electrons. The Morgan fingerprint density at radius 1 is 1.16 bits per heavy atom. The third kappa shape index (κ3) is 3.64. The summed E-state index contributed by atoms with van der Waals surface area (Å²) in [6.45, 7) is 2.60. The van der Waals surface area contributed by atoms with Crippen LogP contribution in [0.3, 0.4) is 0 Å². The maximum atomic E-state index is 11.7. The zero-order chi connectivity index (χ0) is 21.5. The highest BCUT2D eigenvalue weighted by molar-refractivity contribution is 5.85. The van der Waals surface area contributed by atoms with Gasteiger partial charge in [0.05, 0.1) is 31.8 Å². The van der Waals surface area contributed by atoms with Crippen molar-refractivity contribution in [3.05, 3.63) is 24.7 Å². The third-order valence-corrected chi connectivity index (χ3v) is 5.96. The lowest BCUT2D eigenvalue weighted by Crippen LogP contribution is -2.26. The Labute approximate surface area is 179 Å². The van der Waals surface area contributed by atoms with Crippen LogP contribution in [-0.4, -0.2) is 52.3 Å². The van der Waals surface area contributed by atoms with Gasteiger partial charge in [-0.15, -0.1) is 0 Å². The van der Waals surface area contributed by atoms with Gasteiger partial charge in [0.2, 0.25) is 11.8 Å². The molecule has 0 unspecified atom stereocenters. The molecule has 2 atom stereocenters. The summed E-state index contributed by atoms with van der Waals surface area (Å²) >= 11 is 0. The molecule has 0 bridgehead atoms. The van der Waals surface area contributed by atoms with Crippen LogP contribution in [0.25, 0.3) is 22.3 Å². The first-order valence-corrected chi connectivity index (χ1v) is 10.5. The van der Waals surface area contributed by atoms with E-state index in [0.717, 1.165) is 29.4 Å². The number of nitrogens with one attached hydrogen (secondary N) is 1. The van der Waals surface area contributed by atoms with Crippen LogP contribution < -0.4 is 19.5 Å². The SMILES string of the molecule is COc1cc(-c2cc3ncn(C4CC4)c3c(O[C@H](C)[C@H]3CNC(=O)C3)n2)cnc1OC. The molecule has 1 aliphatic heterocycles. The summed E-state index contributed by atoms with van der Waals surface area (Å²) in [6.07, 6.45) is 6.10. The highest BCUT2D eigenvalue weighted by atomic mass is 16.5. The number of aromatic nitrogens is 4. The Morgan fingerprint density at radius 3 is 2.68 bits per heavy atom. The van der Waals surface area contributed by atoms with Gasteiger partial charge in [-0.1, -0.05) is 0 Å². The van der Waals surface area contributed by atoms with Crippen LogP contribution in [0.4, 0.5) is 0 Å². The molecule has 1 amide bonds. The van der Waals surface area contributed by atoms with E-state index in [1.807, 2.05) is 25.4 Å². The lowest BCUT2D eigenvalue weighted by Gasteiger charge is -2.20. The summed E-state index contributed by atoms with van der Waals surface area (Å²) in [7, 11) is 3.12. The zero-order valence-electron chi connectivity index (χ0n) is 17.8. The predicted octanol–water partition coefficient (Wildman–Crippen LogP) is 2.75. The van der Waals surface area contributed by atoms with E-state index < -0.39 is 0 Å². The van der Waals surface area contributed by atoms with Crippen molar-refractivity contribution in [1.82, 2.24) is 24.8 Å². The van der Waals surface area contributed by atoms with Gasteiger partial charge in [-0.25, -0.2) is 15.0 Å². The second-order valence-corrected chi connectivity index (χ2v) is 8.09. The van der Waals surface area contributed by atoms with E-state index in [4.69, 9.17) is 19.2 Å². The number of methoxy groups -OCH3 is 2. The van der Waals surface area contributed by atoms with Gasteiger partial charge in [-0.2, -0.15) is 0 Å². The molecule has 1 N–H and O–H groups in total. The smallest absolute Gasteiger partial charge is 0.256 e. The lowest BCUT2D eigenvalue weighted by molar-refractivity contribution is -0.119. The largest absolute Gasteiger partial charge is 0.491 e. The van der Waals surface area contributed by atoms with E-state index in [9.17, 15) is 4.79 Å². The predicted molar refractivity (Wildman–Crippen MR) is 113 cm³/mol. The molecule has 2 fully saturated rings. The number of hydrogen-bond donors (Lipinski definition) is 1. The minimum Gasteiger partial charge on any atom is -0.491 e. The van der Waals surface area contributed by atoms with E-state index >= 15 is 0 Å². The molecule has 0 aromatic carbocycles. The van der Waals surface area contributed by atoms with Gasteiger partial charge in [0, 0.05) is 36.7 Å². The molecule has 9 nitrogen and oxygen atoms in total. The van der Waals surface area contributed by atoms with Gasteiger partial charge in [0.15, 0.2) is 5.75 Å². The molecule has 1 saturated heterocycles. The van der Waals surface area contributed by atoms with Gasteiger partial charge in [-0.3, -0.25) is 4.79 Å². The molecule has 2 aliphatic rings. The Morgan fingerprint density at radius 2 is 2.00 bits per heavy atom. The summed E-state index contributed by atoms with van der Waals surface area (Å²) in [5, 5.41) is 2.88. The topological polar surface area (TPSA) is 100 Å². The van der Waals surface area contributed by atoms with Crippen molar-refractivity contribution in [2.45, 2.75) is 38.3 Å². The number of hydrogen-bond acceptors (Lipinski definition) is 7. The first kappa shape index (κ1) is 19.6. The Balaban J connectivity index is 1.57. The monoisotopic (exact) mass is 423 g/mol. The summed E-state index contributed by atoms with van der Waals surface area (Å²) in [6, 6.07) is 4.22. The van der Waals surface area contributed by atoms with E-state index in [-0.39, 0.29) is 17.9 Å². The molecule has 9 heteroatoms. The molecule has 3 aromatic rings. The van der Waals surface area contributed by atoms with Gasteiger partial charge in [0.1, 0.15) is 11.6 Å². The molecule has 3 aromatic heterocycles. The van der Waals surface area contributed by atoms with E-state index in [1.165, 1.54) is 0 Å². The second-order valence-electron chi connectivity index (χ2n) is 8.09. The normalized spacial score (nSPS) is 19.3. The third-order valence-electron chi connectivity index (χ3n) is 5.96. The zero-order valence-corrected chi connectivity index (χ0v) is 17.8. The molecular weight excluding hydrogens is 398 g/mol. The number of pyridine rings is 2. The highest BCUT2D eigenvalue weighted by Gasteiger charge is 2.31. The molecule has 4 heterocycles. The van der Waals surface area contributed by atoms with Crippen molar-refractivity contribution in [3.8, 4) is 28.8 Å². The number of rotatable bonds is 7. The molecule has 5 rings (SSSR count). The highest BCUT2D eigenvalue weighted by Crippen LogP contribution is 2.41. The van der Waals surface area contributed by atoms with E-state index in [0.29, 0.717) is 42.2 Å². The maximum Gasteiger partial charge on any atom is 0.256 e. The first-order chi connectivity index (χ1) is 15.1. The first-order valence-electron chi connectivity index (χ1n) is 10.5. The maximum absolute atomic E-state index is 11.7. The van der Waals surface area contributed by atoms with Crippen molar-refractivity contribution >= 4 is 16.9 Å². The average molecular weight is 423 g/mol.